The van der Waals surface area contributed by atoms with E-state index in [0.29, 0.717) is 25.1 Å². The Morgan fingerprint density at radius 1 is 1.50 bits per heavy atom. The van der Waals surface area contributed by atoms with Crippen LogP contribution in [-0.2, 0) is 4.84 Å². The fraction of sp³-hybridized carbons (Fsp3) is 0.364. The van der Waals surface area contributed by atoms with Crippen LogP contribution >= 0.6 is 11.6 Å². The third-order valence-electron chi connectivity index (χ3n) is 2.64. The Labute approximate surface area is 109 Å². The number of halogens is 1. The number of hydrogen-bond donors (Lipinski definition) is 1. The van der Waals surface area contributed by atoms with E-state index in [1.54, 1.807) is 4.90 Å². The smallest absolute Gasteiger partial charge is 0.324 e. The number of nitrogens with zero attached hydrogens (tertiary/aromatic N) is 2. The van der Waals surface area contributed by atoms with Crippen LogP contribution in [0.4, 0.5) is 10.5 Å². The molecule has 0 saturated carbocycles. The molecule has 1 aromatic rings. The average molecular weight is 270 g/mol. The van der Waals surface area contributed by atoms with E-state index >= 15 is 0 Å². The summed E-state index contributed by atoms with van der Waals surface area (Å²) in [4.78, 5) is 32.6. The molecule has 18 heavy (non-hydrogen) atoms. The minimum atomic E-state index is -0.461. The van der Waals surface area contributed by atoms with Crippen LogP contribution in [0.25, 0.3) is 0 Å². The van der Waals surface area contributed by atoms with Gasteiger partial charge in [-0.1, -0.05) is 11.6 Å². The van der Waals surface area contributed by atoms with E-state index in [9.17, 15) is 9.59 Å². The van der Waals surface area contributed by atoms with Gasteiger partial charge >= 0.3 is 6.09 Å². The van der Waals surface area contributed by atoms with Crippen LogP contribution in [0.3, 0.4) is 0 Å². The number of nitrogens with one attached hydrogen (secondary N) is 1. The van der Waals surface area contributed by atoms with Gasteiger partial charge in [0, 0.05) is 25.4 Å². The number of amides is 1. The van der Waals surface area contributed by atoms with E-state index in [-0.39, 0.29) is 10.7 Å². The Balaban J connectivity index is 1.98. The molecule has 1 N–H and O–H groups in total. The molecule has 2 heterocycles. The van der Waals surface area contributed by atoms with Crippen molar-refractivity contribution in [2.24, 2.45) is 0 Å². The second-order valence-electron chi connectivity index (χ2n) is 3.88. The molecule has 1 fully saturated rings. The molecule has 1 saturated heterocycles. The Kier molecular flexibility index (Phi) is 3.99. The van der Waals surface area contributed by atoms with E-state index in [1.807, 2.05) is 0 Å². The number of pyridine rings is 1. The van der Waals surface area contributed by atoms with Crippen molar-refractivity contribution in [2.75, 3.05) is 18.6 Å². The van der Waals surface area contributed by atoms with Gasteiger partial charge in [0.2, 0.25) is 0 Å². The summed E-state index contributed by atoms with van der Waals surface area (Å²) < 4.78 is 0. The van der Waals surface area contributed by atoms with Gasteiger partial charge in [0.05, 0.1) is 11.3 Å². The first-order chi connectivity index (χ1) is 8.70. The van der Waals surface area contributed by atoms with Crippen LogP contribution in [0, 0.1) is 0 Å². The predicted molar refractivity (Wildman–Crippen MR) is 65.5 cm³/mol. The van der Waals surface area contributed by atoms with Gasteiger partial charge in [0.1, 0.15) is 5.15 Å². The third-order valence-corrected chi connectivity index (χ3v) is 2.85. The lowest BCUT2D eigenvalue weighted by atomic mass is 10.3. The molecule has 6 nitrogen and oxygen atoms in total. The number of anilines is 1. The van der Waals surface area contributed by atoms with E-state index in [0.717, 1.165) is 12.8 Å². The van der Waals surface area contributed by atoms with Gasteiger partial charge in [-0.25, -0.2) is 15.3 Å². The van der Waals surface area contributed by atoms with Gasteiger partial charge in [-0.05, 0) is 12.8 Å². The molecule has 0 atom stereocenters. The second kappa shape index (κ2) is 5.68. The maximum absolute atomic E-state index is 11.6. The zero-order chi connectivity index (χ0) is 13.0. The van der Waals surface area contributed by atoms with Gasteiger partial charge in [-0.3, -0.25) is 4.79 Å². The number of aldehydes is 1. The van der Waals surface area contributed by atoms with Crippen LogP contribution in [0.1, 0.15) is 23.2 Å². The standard InChI is InChI=1S/C11H12ClN3O3/c12-10-5-9(8(7-16)6-13-10)14-18-11(17)15-3-1-2-4-15/h5-7H,1-4H2,(H,13,14). The fourth-order valence-electron chi connectivity index (χ4n) is 1.69. The fourth-order valence-corrected chi connectivity index (χ4v) is 1.84. The van der Waals surface area contributed by atoms with Gasteiger partial charge in [0.15, 0.2) is 6.29 Å². The minimum absolute atomic E-state index is 0.209. The summed E-state index contributed by atoms with van der Waals surface area (Å²) >= 11 is 5.70. The number of rotatable bonds is 3. The Morgan fingerprint density at radius 2 is 2.22 bits per heavy atom. The third kappa shape index (κ3) is 2.89. The number of aromatic nitrogens is 1. The van der Waals surface area contributed by atoms with Crippen molar-refractivity contribution < 1.29 is 14.4 Å². The number of likely N-dealkylation sites (tertiary alicyclic amines) is 1. The summed E-state index contributed by atoms with van der Waals surface area (Å²) in [6.45, 7) is 1.39. The van der Waals surface area contributed by atoms with Gasteiger partial charge in [-0.2, -0.15) is 0 Å². The van der Waals surface area contributed by atoms with Crippen LogP contribution in [-0.4, -0.2) is 35.4 Å². The molecule has 7 heteroatoms. The van der Waals surface area contributed by atoms with Crippen molar-refractivity contribution in [2.45, 2.75) is 12.8 Å². The topological polar surface area (TPSA) is 71.5 Å². The van der Waals surface area contributed by atoms with Crippen molar-refractivity contribution in [3.63, 3.8) is 0 Å². The molecule has 0 radical (unpaired) electrons. The molecule has 1 amide bonds. The lowest BCUT2D eigenvalue weighted by Crippen LogP contribution is -2.30. The van der Waals surface area contributed by atoms with Gasteiger partial charge < -0.3 is 9.74 Å². The van der Waals surface area contributed by atoms with Crippen molar-refractivity contribution in [1.29, 1.82) is 0 Å². The highest BCUT2D eigenvalue weighted by Gasteiger charge is 2.19. The monoisotopic (exact) mass is 269 g/mol. The van der Waals surface area contributed by atoms with E-state index in [2.05, 4.69) is 10.5 Å². The van der Waals surface area contributed by atoms with E-state index in [1.165, 1.54) is 12.3 Å². The van der Waals surface area contributed by atoms with Gasteiger partial charge in [-0.15, -0.1) is 0 Å². The summed E-state index contributed by atoms with van der Waals surface area (Å²) in [5.41, 5.74) is 3.02. The highest BCUT2D eigenvalue weighted by atomic mass is 35.5. The van der Waals surface area contributed by atoms with E-state index in [4.69, 9.17) is 16.4 Å². The molecular formula is C11H12ClN3O3. The lowest BCUT2D eigenvalue weighted by molar-refractivity contribution is 0.111. The summed E-state index contributed by atoms with van der Waals surface area (Å²) in [5.74, 6) is 0. The normalized spacial score (nSPS) is 14.4. The number of hydrogen-bond acceptors (Lipinski definition) is 5. The first-order valence-corrected chi connectivity index (χ1v) is 5.91. The Morgan fingerprint density at radius 3 is 2.89 bits per heavy atom. The molecule has 0 aromatic carbocycles. The quantitative estimate of drug-likeness (QED) is 0.517. The average Bonchev–Trinajstić information content (AvgIpc) is 2.90. The molecule has 1 aliphatic rings. The van der Waals surface area contributed by atoms with Crippen molar-refractivity contribution >= 4 is 29.7 Å². The summed E-state index contributed by atoms with van der Waals surface area (Å²) in [7, 11) is 0. The highest BCUT2D eigenvalue weighted by molar-refractivity contribution is 6.29. The van der Waals surface area contributed by atoms with Crippen LogP contribution in [0.2, 0.25) is 5.15 Å². The molecule has 0 bridgehead atoms. The molecule has 96 valence electrons. The molecule has 0 unspecified atom stereocenters. The zero-order valence-corrected chi connectivity index (χ0v) is 10.3. The molecule has 0 aliphatic carbocycles. The summed E-state index contributed by atoms with van der Waals surface area (Å²) in [6.07, 6.45) is 3.42. The van der Waals surface area contributed by atoms with Crippen LogP contribution < -0.4 is 5.48 Å². The first-order valence-electron chi connectivity index (χ1n) is 5.53. The molecule has 1 aliphatic heterocycles. The first kappa shape index (κ1) is 12.6. The van der Waals surface area contributed by atoms with Crippen LogP contribution in [0.5, 0.6) is 0 Å². The van der Waals surface area contributed by atoms with Crippen molar-refractivity contribution in [3.05, 3.63) is 23.0 Å². The largest absolute Gasteiger partial charge is 0.434 e. The molecule has 2 rings (SSSR count). The SMILES string of the molecule is O=Cc1cnc(Cl)cc1NOC(=O)N1CCCC1. The van der Waals surface area contributed by atoms with Crippen molar-refractivity contribution in [1.82, 2.24) is 9.88 Å². The Bertz CT molecular complexity index is 461. The van der Waals surface area contributed by atoms with Crippen molar-refractivity contribution in [3.8, 4) is 0 Å². The summed E-state index contributed by atoms with van der Waals surface area (Å²) in [6, 6.07) is 1.42. The predicted octanol–water partition coefficient (Wildman–Crippen LogP) is 2.11. The van der Waals surface area contributed by atoms with Gasteiger partial charge in [0.25, 0.3) is 0 Å². The molecular weight excluding hydrogens is 258 g/mol. The van der Waals surface area contributed by atoms with E-state index < -0.39 is 6.09 Å². The minimum Gasteiger partial charge on any atom is -0.324 e. The molecule has 0 spiro atoms. The second-order valence-corrected chi connectivity index (χ2v) is 4.26. The maximum atomic E-state index is 11.6. The maximum Gasteiger partial charge on any atom is 0.434 e. The highest BCUT2D eigenvalue weighted by Crippen LogP contribution is 2.17. The number of carbonyl (C=O) groups is 2. The summed E-state index contributed by atoms with van der Waals surface area (Å²) in [5, 5.41) is 0.209. The number of carbonyl (C=O) groups excluding carboxylic acids is 2. The lowest BCUT2D eigenvalue weighted by Gasteiger charge is -2.15. The molecule has 1 aromatic heterocycles. The zero-order valence-electron chi connectivity index (χ0n) is 9.56. The Hall–Kier alpha value is -1.82. The van der Waals surface area contributed by atoms with Crippen LogP contribution in [0.15, 0.2) is 12.3 Å².